The van der Waals surface area contributed by atoms with Gasteiger partial charge in [0.05, 0.1) is 0 Å². The van der Waals surface area contributed by atoms with Gasteiger partial charge in [0.2, 0.25) is 0 Å². The van der Waals surface area contributed by atoms with Crippen LogP contribution in [-0.2, 0) is 0 Å². The SMILES string of the molecule is [2H]c1cc(-c2nccc3c2[se]c2c4ccccc4ccc32)c([2H])c([2H])c1[2H]. The number of aromatic nitrogens is 1. The van der Waals surface area contributed by atoms with Gasteiger partial charge in [-0.15, -0.1) is 0 Å². The second kappa shape index (κ2) is 5.06. The molecule has 0 atom stereocenters. The first-order chi connectivity index (χ1) is 13.1. The second-order valence-electron chi connectivity index (χ2n) is 5.38. The van der Waals surface area contributed by atoms with E-state index in [2.05, 4.69) is 35.3 Å². The van der Waals surface area contributed by atoms with E-state index in [-0.39, 0.29) is 38.7 Å². The summed E-state index contributed by atoms with van der Waals surface area (Å²) in [5, 5.41) is 4.77. The van der Waals surface area contributed by atoms with Crippen LogP contribution in [0.3, 0.4) is 0 Å². The first-order valence-corrected chi connectivity index (χ1v) is 9.04. The van der Waals surface area contributed by atoms with Crippen LogP contribution < -0.4 is 0 Å². The summed E-state index contributed by atoms with van der Waals surface area (Å²) in [7, 11) is 0. The standard InChI is InChI=1S/C21H13NSe/c1-2-7-15(8-3-1)19-21-18(12-13-22-19)17-11-10-14-6-4-5-9-16(14)20(17)23-21/h1-13H/i1D,2D,3D,7D. The van der Waals surface area contributed by atoms with Crippen molar-refractivity contribution in [2.24, 2.45) is 0 Å². The Morgan fingerprint density at radius 1 is 0.783 bits per heavy atom. The number of benzene rings is 3. The Labute approximate surface area is 145 Å². The summed E-state index contributed by atoms with van der Waals surface area (Å²) in [5.74, 6) is 0. The van der Waals surface area contributed by atoms with E-state index in [1.54, 1.807) is 6.20 Å². The molecule has 0 saturated carbocycles. The van der Waals surface area contributed by atoms with Gasteiger partial charge in [-0.3, -0.25) is 0 Å². The Hall–Kier alpha value is -2.41. The van der Waals surface area contributed by atoms with Crippen LogP contribution >= 0.6 is 0 Å². The normalized spacial score (nSPS) is 13.9. The molecular weight excluding hydrogens is 345 g/mol. The maximum absolute atomic E-state index is 8.30. The number of hydrogen-bond donors (Lipinski definition) is 0. The van der Waals surface area contributed by atoms with Crippen molar-refractivity contribution >= 4 is 44.6 Å². The van der Waals surface area contributed by atoms with Gasteiger partial charge in [0.15, 0.2) is 0 Å². The fourth-order valence-corrected chi connectivity index (χ4v) is 5.83. The first-order valence-electron chi connectivity index (χ1n) is 9.33. The molecule has 0 amide bonds. The van der Waals surface area contributed by atoms with Crippen LogP contribution in [0.5, 0.6) is 0 Å². The van der Waals surface area contributed by atoms with Gasteiger partial charge < -0.3 is 0 Å². The Kier molecular flexibility index (Phi) is 2.13. The molecule has 0 saturated heterocycles. The molecule has 5 rings (SSSR count). The number of hydrogen-bond acceptors (Lipinski definition) is 1. The van der Waals surface area contributed by atoms with Crippen molar-refractivity contribution in [2.75, 3.05) is 0 Å². The summed E-state index contributed by atoms with van der Waals surface area (Å²) in [5.41, 5.74) is 1.14. The molecule has 0 spiro atoms. The van der Waals surface area contributed by atoms with Gasteiger partial charge in [-0.1, -0.05) is 0 Å². The average molecular weight is 362 g/mol. The summed E-state index contributed by atoms with van der Waals surface area (Å²) in [6.07, 6.45) is 1.73. The molecule has 1 nitrogen and oxygen atoms in total. The van der Waals surface area contributed by atoms with Crippen molar-refractivity contribution in [2.45, 2.75) is 0 Å². The van der Waals surface area contributed by atoms with Crippen molar-refractivity contribution in [1.29, 1.82) is 0 Å². The topological polar surface area (TPSA) is 12.9 Å². The molecule has 0 unspecified atom stereocenters. The molecule has 0 aliphatic carbocycles. The predicted molar refractivity (Wildman–Crippen MR) is 99.1 cm³/mol. The number of rotatable bonds is 1. The molecule has 0 aliphatic heterocycles. The Balaban J connectivity index is 1.91. The molecule has 0 radical (unpaired) electrons. The van der Waals surface area contributed by atoms with Gasteiger partial charge in [-0.2, -0.15) is 0 Å². The third kappa shape index (κ3) is 1.96. The van der Waals surface area contributed by atoms with Gasteiger partial charge in [-0.05, 0) is 0 Å². The van der Waals surface area contributed by atoms with Crippen LogP contribution in [0.4, 0.5) is 0 Å². The van der Waals surface area contributed by atoms with Crippen LogP contribution in [0.1, 0.15) is 5.48 Å². The average Bonchev–Trinajstić information content (AvgIpc) is 3.08. The summed E-state index contributed by atoms with van der Waals surface area (Å²) < 4.78 is 34.4. The molecule has 2 heteroatoms. The van der Waals surface area contributed by atoms with Gasteiger partial charge in [-0.25, -0.2) is 0 Å². The van der Waals surface area contributed by atoms with Gasteiger partial charge >= 0.3 is 145 Å². The van der Waals surface area contributed by atoms with Crippen molar-refractivity contribution in [1.82, 2.24) is 4.98 Å². The fraction of sp³-hybridized carbons (Fsp3) is 0. The van der Waals surface area contributed by atoms with E-state index < -0.39 is 0 Å². The predicted octanol–water partition coefficient (Wildman–Crippen LogP) is 5.27. The molecule has 108 valence electrons. The van der Waals surface area contributed by atoms with Crippen LogP contribution in [0.25, 0.3) is 41.3 Å². The fourth-order valence-electron chi connectivity index (χ4n) is 3.03. The zero-order valence-corrected chi connectivity index (χ0v) is 13.8. The van der Waals surface area contributed by atoms with Crippen LogP contribution in [0.15, 0.2) is 78.9 Å². The summed E-state index contributed by atoms with van der Waals surface area (Å²) in [6.45, 7) is 0. The van der Waals surface area contributed by atoms with Crippen molar-refractivity contribution in [3.8, 4) is 11.3 Å². The molecule has 3 aromatic carbocycles. The van der Waals surface area contributed by atoms with E-state index in [1.165, 1.54) is 26.5 Å². The molecule has 23 heavy (non-hydrogen) atoms. The monoisotopic (exact) mass is 363 g/mol. The van der Waals surface area contributed by atoms with E-state index in [4.69, 9.17) is 5.48 Å². The van der Waals surface area contributed by atoms with E-state index in [0.29, 0.717) is 11.3 Å². The van der Waals surface area contributed by atoms with E-state index in [0.717, 1.165) is 9.65 Å². The molecular formula is C21H13NSe. The number of pyridine rings is 1. The van der Waals surface area contributed by atoms with Gasteiger partial charge in [0, 0.05) is 0 Å². The molecule has 2 heterocycles. The number of nitrogens with zero attached hydrogens (tertiary/aromatic N) is 1. The molecule has 0 N–H and O–H groups in total. The maximum atomic E-state index is 8.30. The third-order valence-electron chi connectivity index (χ3n) is 4.08. The second-order valence-corrected chi connectivity index (χ2v) is 7.52. The minimum atomic E-state index is -0.217. The Bertz CT molecular complexity index is 1370. The molecule has 0 aliphatic rings. The molecule has 0 fully saturated rings. The van der Waals surface area contributed by atoms with Gasteiger partial charge in [0.25, 0.3) is 0 Å². The Morgan fingerprint density at radius 2 is 1.70 bits per heavy atom. The summed E-state index contributed by atoms with van der Waals surface area (Å²) >= 11 is 0.0194. The summed E-state index contributed by atoms with van der Waals surface area (Å²) in [4.78, 5) is 4.52. The van der Waals surface area contributed by atoms with E-state index >= 15 is 0 Å². The quantitative estimate of drug-likeness (QED) is 0.371. The minimum absolute atomic E-state index is 0.0194. The van der Waals surface area contributed by atoms with Gasteiger partial charge in [0.1, 0.15) is 0 Å². The molecule has 5 aromatic rings. The van der Waals surface area contributed by atoms with Crippen LogP contribution in [0.2, 0.25) is 0 Å². The van der Waals surface area contributed by atoms with Crippen molar-refractivity contribution in [3.05, 3.63) is 78.9 Å². The third-order valence-corrected chi connectivity index (χ3v) is 6.73. The van der Waals surface area contributed by atoms with Crippen molar-refractivity contribution in [3.63, 3.8) is 0 Å². The van der Waals surface area contributed by atoms with Crippen molar-refractivity contribution < 1.29 is 5.48 Å². The zero-order valence-electron chi connectivity index (χ0n) is 16.1. The zero-order chi connectivity index (χ0) is 18.7. The molecule has 2 aromatic heterocycles. The summed E-state index contributed by atoms with van der Waals surface area (Å²) in [6, 6.07) is 15.6. The van der Waals surface area contributed by atoms with Crippen LogP contribution in [0, 0.1) is 0 Å². The first kappa shape index (κ1) is 9.67. The van der Waals surface area contributed by atoms with E-state index in [1.807, 2.05) is 12.1 Å². The number of fused-ring (bicyclic) bond motifs is 5. The van der Waals surface area contributed by atoms with Crippen LogP contribution in [-0.4, -0.2) is 19.5 Å². The molecule has 0 bridgehead atoms. The Morgan fingerprint density at radius 3 is 2.70 bits per heavy atom. The van der Waals surface area contributed by atoms with E-state index in [9.17, 15) is 0 Å².